The Balaban J connectivity index is 1.05. The third kappa shape index (κ3) is 7.78. The number of aromatic nitrogens is 3. The van der Waals surface area contributed by atoms with Crippen LogP contribution in [-0.2, 0) is 14.3 Å². The minimum atomic E-state index is -1.40. The molecule has 3 aliphatic heterocycles. The van der Waals surface area contributed by atoms with Crippen molar-refractivity contribution in [3.63, 3.8) is 0 Å². The lowest BCUT2D eigenvalue weighted by molar-refractivity contribution is -0.146. The van der Waals surface area contributed by atoms with Crippen molar-refractivity contribution in [1.82, 2.24) is 24.8 Å². The Bertz CT molecular complexity index is 1560. The molecule has 3 atom stereocenters. The normalized spacial score (nSPS) is 21.1. The smallest absolute Gasteiger partial charge is 0.251 e. The first-order chi connectivity index (χ1) is 22.9. The van der Waals surface area contributed by atoms with Crippen molar-refractivity contribution in [3.8, 4) is 23.2 Å². The molecule has 0 saturated carbocycles. The molecule has 0 unspecified atom stereocenters. The summed E-state index contributed by atoms with van der Waals surface area (Å²) in [5.41, 5.74) is 2.85. The van der Waals surface area contributed by atoms with Gasteiger partial charge in [0.25, 0.3) is 5.91 Å². The number of rotatable bonds is 11. The molecule has 0 aliphatic carbocycles. The van der Waals surface area contributed by atoms with E-state index in [0.717, 1.165) is 51.5 Å². The molecule has 13 heteroatoms. The molecule has 47 heavy (non-hydrogen) atoms. The number of amides is 1. The monoisotopic (exact) mass is 644 g/mol. The predicted octanol–water partition coefficient (Wildman–Crippen LogP) is 3.81. The molecule has 6 rings (SSSR count). The zero-order valence-electron chi connectivity index (χ0n) is 26.8. The number of anilines is 3. The number of piperazine rings is 1. The molecule has 4 heterocycles. The Morgan fingerprint density at radius 3 is 2.60 bits per heavy atom. The van der Waals surface area contributed by atoms with Crippen LogP contribution in [0, 0.1) is 11.3 Å². The average Bonchev–Trinajstić information content (AvgIpc) is 3.08. The van der Waals surface area contributed by atoms with Crippen LogP contribution in [0.25, 0.3) is 11.4 Å². The third-order valence-corrected chi connectivity index (χ3v) is 8.86. The van der Waals surface area contributed by atoms with Crippen LogP contribution < -0.4 is 15.0 Å². The lowest BCUT2D eigenvalue weighted by Crippen LogP contribution is -2.56. The number of nitrogens with zero attached hydrogens (tertiary/aromatic N) is 7. The first-order valence-electron chi connectivity index (χ1n) is 16.3. The number of hydrogen-bond donors (Lipinski definition) is 1. The van der Waals surface area contributed by atoms with Gasteiger partial charge in [-0.1, -0.05) is 6.92 Å². The number of likely N-dealkylation sites (tertiary alicyclic amines) is 1. The molecular weight excluding hydrogens is 603 g/mol. The van der Waals surface area contributed by atoms with Crippen LogP contribution in [0.4, 0.5) is 21.7 Å². The molecule has 3 aromatic rings. The summed E-state index contributed by atoms with van der Waals surface area (Å²) in [5.74, 6) is 0.795. The van der Waals surface area contributed by atoms with Crippen molar-refractivity contribution < 1.29 is 23.4 Å². The molecule has 12 nitrogen and oxygen atoms in total. The van der Waals surface area contributed by atoms with Crippen LogP contribution >= 0.6 is 0 Å². The number of nitriles is 1. The van der Waals surface area contributed by atoms with E-state index in [9.17, 15) is 10.1 Å². The Hall–Kier alpha value is -4.38. The summed E-state index contributed by atoms with van der Waals surface area (Å²) < 4.78 is 32.0. The van der Waals surface area contributed by atoms with Gasteiger partial charge in [0, 0.05) is 62.7 Å². The SMILES string of the molecule is CCCO[C@@H](C)C(=O)N1CC[C@H](Oc2ccc(-c3ncnc(Nc4ccc(N5CCN(C6COC6)CC5)cc4)n3)cc2C#N)[C@H](F)C1. The first-order valence-corrected chi connectivity index (χ1v) is 16.3. The van der Waals surface area contributed by atoms with Crippen molar-refractivity contribution in [2.75, 3.05) is 69.3 Å². The van der Waals surface area contributed by atoms with Crippen LogP contribution in [0.5, 0.6) is 5.75 Å². The zero-order chi connectivity index (χ0) is 32.8. The van der Waals surface area contributed by atoms with Crippen molar-refractivity contribution in [2.45, 2.75) is 51.1 Å². The topological polar surface area (TPSA) is 129 Å². The second-order valence-corrected chi connectivity index (χ2v) is 12.1. The van der Waals surface area contributed by atoms with Crippen molar-refractivity contribution in [3.05, 3.63) is 54.4 Å². The number of ether oxygens (including phenoxy) is 3. The van der Waals surface area contributed by atoms with Gasteiger partial charge in [-0.15, -0.1) is 0 Å². The number of carbonyl (C=O) groups is 1. The summed E-state index contributed by atoms with van der Waals surface area (Å²) in [5, 5.41) is 13.1. The van der Waals surface area contributed by atoms with E-state index in [1.54, 1.807) is 25.1 Å². The standard InChI is InChI=1S/C34H41FN8O4/c1-3-16-46-23(2)33(44)43-11-10-31(29(35)19-43)47-30-9-4-24(17-25(30)18-36)32-37-22-38-34(40-32)39-26-5-7-27(8-6-26)41-12-14-42(15-13-41)28-20-45-21-28/h4-9,17,22-23,28-29,31H,3,10-16,19-21H2,1-2H3,(H,37,38,39,40)/t23-,29+,31-/m0/s1. The fourth-order valence-corrected chi connectivity index (χ4v) is 6.02. The van der Waals surface area contributed by atoms with Gasteiger partial charge in [0.1, 0.15) is 30.4 Å². The maximum Gasteiger partial charge on any atom is 0.251 e. The lowest BCUT2D eigenvalue weighted by Gasteiger charge is -2.43. The van der Waals surface area contributed by atoms with Crippen molar-refractivity contribution in [1.29, 1.82) is 5.26 Å². The summed E-state index contributed by atoms with van der Waals surface area (Å²) >= 11 is 0. The van der Waals surface area contributed by atoms with E-state index >= 15 is 4.39 Å². The summed E-state index contributed by atoms with van der Waals surface area (Å²) in [6, 6.07) is 15.9. The van der Waals surface area contributed by atoms with Gasteiger partial charge in [-0.3, -0.25) is 9.69 Å². The van der Waals surface area contributed by atoms with E-state index in [1.807, 2.05) is 19.1 Å². The molecule has 1 aromatic heterocycles. The summed E-state index contributed by atoms with van der Waals surface area (Å²) in [4.78, 5) is 32.2. The highest BCUT2D eigenvalue weighted by molar-refractivity contribution is 5.80. The van der Waals surface area contributed by atoms with E-state index < -0.39 is 18.4 Å². The van der Waals surface area contributed by atoms with Gasteiger partial charge in [0.15, 0.2) is 12.0 Å². The highest BCUT2D eigenvalue weighted by Crippen LogP contribution is 2.29. The van der Waals surface area contributed by atoms with Crippen LogP contribution in [0.15, 0.2) is 48.8 Å². The third-order valence-electron chi connectivity index (χ3n) is 8.86. The van der Waals surface area contributed by atoms with Crippen LogP contribution in [0.2, 0.25) is 0 Å². The fraction of sp³-hybridized carbons (Fsp3) is 0.500. The predicted molar refractivity (Wildman–Crippen MR) is 174 cm³/mol. The Labute approximate surface area is 274 Å². The van der Waals surface area contributed by atoms with Crippen LogP contribution in [0.1, 0.15) is 32.3 Å². The number of benzene rings is 2. The molecule has 0 spiro atoms. The van der Waals surface area contributed by atoms with Gasteiger partial charge < -0.3 is 29.3 Å². The quantitative estimate of drug-likeness (QED) is 0.327. The molecule has 1 N–H and O–H groups in total. The molecule has 248 valence electrons. The van der Waals surface area contributed by atoms with Gasteiger partial charge in [0.2, 0.25) is 5.95 Å². The second kappa shape index (κ2) is 15.0. The van der Waals surface area contributed by atoms with Gasteiger partial charge in [-0.05, 0) is 55.8 Å². The minimum absolute atomic E-state index is 0.0831. The number of halogens is 1. The Morgan fingerprint density at radius 1 is 1.13 bits per heavy atom. The van der Waals surface area contributed by atoms with Crippen molar-refractivity contribution in [2.24, 2.45) is 0 Å². The number of alkyl halides is 1. The first kappa shape index (κ1) is 32.6. The summed E-state index contributed by atoms with van der Waals surface area (Å²) in [7, 11) is 0. The highest BCUT2D eigenvalue weighted by atomic mass is 19.1. The van der Waals surface area contributed by atoms with Gasteiger partial charge >= 0.3 is 0 Å². The molecule has 2 aromatic carbocycles. The van der Waals surface area contributed by atoms with E-state index in [4.69, 9.17) is 14.2 Å². The molecule has 0 radical (unpaired) electrons. The maximum atomic E-state index is 15.1. The molecular formula is C34H41FN8O4. The van der Waals surface area contributed by atoms with Gasteiger partial charge in [-0.2, -0.15) is 10.2 Å². The van der Waals surface area contributed by atoms with E-state index in [0.29, 0.717) is 43.0 Å². The zero-order valence-corrected chi connectivity index (χ0v) is 26.8. The number of nitrogens with one attached hydrogen (secondary N) is 1. The highest BCUT2D eigenvalue weighted by Gasteiger charge is 2.35. The largest absolute Gasteiger partial charge is 0.486 e. The van der Waals surface area contributed by atoms with Crippen LogP contribution in [0.3, 0.4) is 0 Å². The van der Waals surface area contributed by atoms with Crippen molar-refractivity contribution >= 4 is 23.2 Å². The number of piperidine rings is 1. The number of carbonyl (C=O) groups excluding carboxylic acids is 1. The van der Waals surface area contributed by atoms with E-state index in [2.05, 4.69) is 48.3 Å². The van der Waals surface area contributed by atoms with Gasteiger partial charge in [0.05, 0.1) is 31.4 Å². The lowest BCUT2D eigenvalue weighted by atomic mass is 10.0. The maximum absolute atomic E-state index is 15.1. The Kier molecular flexibility index (Phi) is 10.4. The Morgan fingerprint density at radius 2 is 1.91 bits per heavy atom. The van der Waals surface area contributed by atoms with E-state index in [-0.39, 0.29) is 23.8 Å². The molecule has 1 amide bonds. The summed E-state index contributed by atoms with van der Waals surface area (Å²) in [6.45, 7) is 10.1. The number of hydrogen-bond acceptors (Lipinski definition) is 11. The van der Waals surface area contributed by atoms with Gasteiger partial charge in [-0.25, -0.2) is 14.4 Å². The van der Waals surface area contributed by atoms with Crippen LogP contribution in [-0.4, -0.2) is 114 Å². The summed E-state index contributed by atoms with van der Waals surface area (Å²) in [6.07, 6.45) is -0.283. The molecule has 0 bridgehead atoms. The fourth-order valence-electron chi connectivity index (χ4n) is 6.02. The minimum Gasteiger partial charge on any atom is -0.486 e. The molecule has 3 aliphatic rings. The molecule has 3 saturated heterocycles. The molecule has 3 fully saturated rings. The second-order valence-electron chi connectivity index (χ2n) is 12.1. The van der Waals surface area contributed by atoms with E-state index in [1.165, 1.54) is 16.9 Å². The average molecular weight is 645 g/mol.